The van der Waals surface area contributed by atoms with Crippen LogP contribution in [0.1, 0.15) is 18.2 Å². The number of methoxy groups -OCH3 is 1. The molecule has 19 heavy (non-hydrogen) atoms. The molecule has 2 rings (SSSR count). The molecule has 0 aliphatic heterocycles. The number of nitrogens with zero attached hydrogens (tertiary/aromatic N) is 2. The summed E-state index contributed by atoms with van der Waals surface area (Å²) in [5, 5.41) is 7.81. The van der Waals surface area contributed by atoms with Crippen molar-refractivity contribution in [1.82, 2.24) is 9.78 Å². The summed E-state index contributed by atoms with van der Waals surface area (Å²) < 4.78 is 7.25. The number of nitrogens with one attached hydrogen (secondary N) is 1. The van der Waals surface area contributed by atoms with Gasteiger partial charge in [-0.15, -0.1) is 0 Å². The monoisotopic (exact) mass is 259 g/mol. The minimum Gasteiger partial charge on any atom is -0.496 e. The standard InChI is InChI=1S/C15H21N3O/c1-11(16-15-10-12(2)17-18(15)3)9-13-7-5-6-8-14(13)19-4/h5-8,10-11,16H,9H2,1-4H3/t11-/m1/s1. The average Bonchev–Trinajstić information content (AvgIpc) is 2.68. The Morgan fingerprint density at radius 2 is 2.11 bits per heavy atom. The zero-order valence-electron chi connectivity index (χ0n) is 12.0. The number of hydrogen-bond acceptors (Lipinski definition) is 3. The summed E-state index contributed by atoms with van der Waals surface area (Å²) in [6.45, 7) is 4.16. The molecular weight excluding hydrogens is 238 g/mol. The highest BCUT2D eigenvalue weighted by atomic mass is 16.5. The summed E-state index contributed by atoms with van der Waals surface area (Å²) in [6, 6.07) is 10.5. The molecule has 0 saturated heterocycles. The van der Waals surface area contributed by atoms with E-state index < -0.39 is 0 Å². The lowest BCUT2D eigenvalue weighted by atomic mass is 10.1. The molecule has 0 bridgehead atoms. The highest BCUT2D eigenvalue weighted by molar-refractivity contribution is 5.39. The molecular formula is C15H21N3O. The van der Waals surface area contributed by atoms with Crippen LogP contribution in [0.15, 0.2) is 30.3 Å². The van der Waals surface area contributed by atoms with Crippen LogP contribution < -0.4 is 10.1 Å². The van der Waals surface area contributed by atoms with Gasteiger partial charge in [0.15, 0.2) is 0 Å². The van der Waals surface area contributed by atoms with Crippen LogP contribution in [-0.2, 0) is 13.5 Å². The van der Waals surface area contributed by atoms with Crippen LogP contribution in [-0.4, -0.2) is 22.9 Å². The van der Waals surface area contributed by atoms with Crippen molar-refractivity contribution in [2.75, 3.05) is 12.4 Å². The van der Waals surface area contributed by atoms with Gasteiger partial charge >= 0.3 is 0 Å². The summed E-state index contributed by atoms with van der Waals surface area (Å²) in [4.78, 5) is 0. The largest absolute Gasteiger partial charge is 0.496 e. The van der Waals surface area contributed by atoms with Crippen molar-refractivity contribution in [3.63, 3.8) is 0 Å². The molecule has 0 radical (unpaired) electrons. The van der Waals surface area contributed by atoms with Crippen LogP contribution in [0.3, 0.4) is 0 Å². The molecule has 0 aliphatic carbocycles. The Hall–Kier alpha value is -1.97. The van der Waals surface area contributed by atoms with Crippen molar-refractivity contribution in [3.8, 4) is 5.75 Å². The molecule has 0 saturated carbocycles. The Balaban J connectivity index is 2.05. The maximum absolute atomic E-state index is 5.38. The van der Waals surface area contributed by atoms with E-state index in [0.717, 1.165) is 23.7 Å². The van der Waals surface area contributed by atoms with Gasteiger partial charge in [0.1, 0.15) is 11.6 Å². The van der Waals surface area contributed by atoms with Crippen LogP contribution in [0.4, 0.5) is 5.82 Å². The molecule has 0 aliphatic rings. The van der Waals surface area contributed by atoms with Gasteiger partial charge in [0.2, 0.25) is 0 Å². The summed E-state index contributed by atoms with van der Waals surface area (Å²) in [6.07, 6.45) is 0.911. The van der Waals surface area contributed by atoms with Gasteiger partial charge in [-0.1, -0.05) is 18.2 Å². The molecule has 1 aromatic carbocycles. The number of benzene rings is 1. The van der Waals surface area contributed by atoms with Crippen LogP contribution in [0.25, 0.3) is 0 Å². The van der Waals surface area contributed by atoms with E-state index in [1.165, 1.54) is 5.56 Å². The molecule has 4 nitrogen and oxygen atoms in total. The Kier molecular flexibility index (Phi) is 4.10. The molecule has 2 aromatic rings. The Morgan fingerprint density at radius 3 is 2.74 bits per heavy atom. The highest BCUT2D eigenvalue weighted by Gasteiger charge is 2.10. The first-order chi connectivity index (χ1) is 9.10. The quantitative estimate of drug-likeness (QED) is 0.897. The van der Waals surface area contributed by atoms with E-state index in [-0.39, 0.29) is 0 Å². The smallest absolute Gasteiger partial charge is 0.124 e. The topological polar surface area (TPSA) is 39.1 Å². The average molecular weight is 259 g/mol. The van der Waals surface area contributed by atoms with Crippen molar-refractivity contribution in [1.29, 1.82) is 0 Å². The van der Waals surface area contributed by atoms with Gasteiger partial charge in [-0.2, -0.15) is 5.10 Å². The van der Waals surface area contributed by atoms with Gasteiger partial charge < -0.3 is 10.1 Å². The second-order valence-corrected chi connectivity index (χ2v) is 4.86. The molecule has 4 heteroatoms. The Labute approximate surface area is 114 Å². The van der Waals surface area contributed by atoms with Crippen LogP contribution in [0, 0.1) is 6.92 Å². The third-order valence-electron chi connectivity index (χ3n) is 3.11. The first-order valence-electron chi connectivity index (χ1n) is 6.49. The molecule has 102 valence electrons. The molecule has 1 aromatic heterocycles. The van der Waals surface area contributed by atoms with E-state index in [0.29, 0.717) is 6.04 Å². The summed E-state index contributed by atoms with van der Waals surface area (Å²) in [7, 11) is 3.66. The summed E-state index contributed by atoms with van der Waals surface area (Å²) in [5.74, 6) is 1.98. The van der Waals surface area contributed by atoms with E-state index in [9.17, 15) is 0 Å². The number of anilines is 1. The highest BCUT2D eigenvalue weighted by Crippen LogP contribution is 2.20. The van der Waals surface area contributed by atoms with E-state index in [1.807, 2.05) is 36.9 Å². The van der Waals surface area contributed by atoms with Gasteiger partial charge in [-0.3, -0.25) is 4.68 Å². The maximum Gasteiger partial charge on any atom is 0.124 e. The molecule has 1 N–H and O–H groups in total. The summed E-state index contributed by atoms with van der Waals surface area (Å²) >= 11 is 0. The molecule has 1 heterocycles. The van der Waals surface area contributed by atoms with Crippen LogP contribution >= 0.6 is 0 Å². The van der Waals surface area contributed by atoms with Crippen LogP contribution in [0.5, 0.6) is 5.75 Å². The number of hydrogen-bond donors (Lipinski definition) is 1. The predicted molar refractivity (Wildman–Crippen MR) is 77.7 cm³/mol. The fraction of sp³-hybridized carbons (Fsp3) is 0.400. The fourth-order valence-corrected chi connectivity index (χ4v) is 2.25. The second kappa shape index (κ2) is 5.78. The molecule has 1 atom stereocenters. The zero-order chi connectivity index (χ0) is 13.8. The minimum atomic E-state index is 0.311. The van der Waals surface area contributed by atoms with Crippen molar-refractivity contribution in [2.24, 2.45) is 7.05 Å². The molecule has 0 amide bonds. The van der Waals surface area contributed by atoms with E-state index in [4.69, 9.17) is 4.74 Å². The van der Waals surface area contributed by atoms with Gasteiger partial charge in [0.05, 0.1) is 12.8 Å². The van der Waals surface area contributed by atoms with E-state index >= 15 is 0 Å². The number of para-hydroxylation sites is 1. The minimum absolute atomic E-state index is 0.311. The molecule has 0 spiro atoms. The lowest BCUT2D eigenvalue weighted by Gasteiger charge is -2.16. The van der Waals surface area contributed by atoms with E-state index in [1.54, 1.807) is 7.11 Å². The normalized spacial score (nSPS) is 12.2. The second-order valence-electron chi connectivity index (χ2n) is 4.86. The van der Waals surface area contributed by atoms with Crippen molar-refractivity contribution < 1.29 is 4.74 Å². The number of ether oxygens (including phenoxy) is 1. The van der Waals surface area contributed by atoms with Gasteiger partial charge in [0, 0.05) is 19.2 Å². The number of rotatable bonds is 5. The van der Waals surface area contributed by atoms with Crippen molar-refractivity contribution >= 4 is 5.82 Å². The van der Waals surface area contributed by atoms with Gasteiger partial charge in [-0.05, 0) is 31.9 Å². The maximum atomic E-state index is 5.38. The number of aryl methyl sites for hydroxylation is 2. The molecule has 0 fully saturated rings. The fourth-order valence-electron chi connectivity index (χ4n) is 2.25. The zero-order valence-corrected chi connectivity index (χ0v) is 12.0. The third kappa shape index (κ3) is 3.28. The summed E-state index contributed by atoms with van der Waals surface area (Å²) in [5.41, 5.74) is 2.23. The lowest BCUT2D eigenvalue weighted by molar-refractivity contribution is 0.409. The van der Waals surface area contributed by atoms with Crippen molar-refractivity contribution in [2.45, 2.75) is 26.3 Å². The van der Waals surface area contributed by atoms with E-state index in [2.05, 4.69) is 29.5 Å². The van der Waals surface area contributed by atoms with Gasteiger partial charge in [0.25, 0.3) is 0 Å². The first kappa shape index (κ1) is 13.5. The first-order valence-corrected chi connectivity index (χ1v) is 6.49. The Bertz CT molecular complexity index is 548. The number of aromatic nitrogens is 2. The van der Waals surface area contributed by atoms with Crippen LogP contribution in [0.2, 0.25) is 0 Å². The third-order valence-corrected chi connectivity index (χ3v) is 3.11. The lowest BCUT2D eigenvalue weighted by Crippen LogP contribution is -2.20. The SMILES string of the molecule is COc1ccccc1C[C@@H](C)Nc1cc(C)nn1C. The van der Waals surface area contributed by atoms with Gasteiger partial charge in [-0.25, -0.2) is 0 Å². The van der Waals surface area contributed by atoms with Crippen molar-refractivity contribution in [3.05, 3.63) is 41.6 Å². The molecule has 0 unspecified atom stereocenters. The predicted octanol–water partition coefficient (Wildman–Crippen LogP) is 2.78. The Morgan fingerprint density at radius 1 is 1.37 bits per heavy atom.